The van der Waals surface area contributed by atoms with Gasteiger partial charge in [-0.3, -0.25) is 0 Å². The molecule has 0 aliphatic heterocycles. The van der Waals surface area contributed by atoms with Crippen molar-refractivity contribution in [3.8, 4) is 6.07 Å². The van der Waals surface area contributed by atoms with Crippen LogP contribution in [-0.4, -0.2) is 16.7 Å². The second kappa shape index (κ2) is 5.70. The lowest BCUT2D eigenvalue weighted by molar-refractivity contribution is -0.568. The van der Waals surface area contributed by atoms with Gasteiger partial charge < -0.3 is 10.4 Å². The molecule has 0 aliphatic rings. The molecule has 0 saturated heterocycles. The van der Waals surface area contributed by atoms with E-state index in [1.54, 1.807) is 24.3 Å². The van der Waals surface area contributed by atoms with Gasteiger partial charge in [0.15, 0.2) is 0 Å². The van der Waals surface area contributed by atoms with Crippen LogP contribution in [0.1, 0.15) is 19.4 Å². The highest BCUT2D eigenvalue weighted by atomic mass is 16.6. The number of rotatable bonds is 4. The molecule has 1 aromatic carbocycles. The van der Waals surface area contributed by atoms with Crippen LogP contribution in [0.4, 0.5) is 5.69 Å². The van der Waals surface area contributed by atoms with E-state index in [0.717, 1.165) is 0 Å². The molecule has 1 N–H and O–H groups in total. The van der Waals surface area contributed by atoms with Crippen molar-refractivity contribution in [2.45, 2.75) is 13.8 Å². The predicted octanol–water partition coefficient (Wildman–Crippen LogP) is 2.29. The highest BCUT2D eigenvalue weighted by molar-refractivity contribution is 5.47. The van der Waals surface area contributed by atoms with Crippen molar-refractivity contribution in [2.24, 2.45) is 11.2 Å². The first-order valence-electron chi connectivity index (χ1n) is 5.18. The third-order valence-corrected chi connectivity index (χ3v) is 2.12. The molecule has 17 heavy (non-hydrogen) atoms. The van der Waals surface area contributed by atoms with Gasteiger partial charge in [0.05, 0.1) is 23.1 Å². The van der Waals surface area contributed by atoms with Crippen LogP contribution >= 0.6 is 0 Å². The average molecular weight is 234 g/mol. The van der Waals surface area contributed by atoms with Crippen LogP contribution in [0, 0.1) is 22.5 Å². The molecule has 0 unspecified atom stereocenters. The monoisotopic (exact) mass is 234 g/mol. The first-order chi connectivity index (χ1) is 8.08. The van der Waals surface area contributed by atoms with Gasteiger partial charge in [0.25, 0.3) is 0 Å². The molecule has 0 bridgehead atoms. The maximum Gasteiger partial charge on any atom is 0.231 e. The molecular formula is C11H14N4O2. The van der Waals surface area contributed by atoms with E-state index in [1.165, 1.54) is 5.01 Å². The van der Waals surface area contributed by atoms with Crippen LogP contribution in [0.5, 0.6) is 0 Å². The van der Waals surface area contributed by atoms with Crippen molar-refractivity contribution in [1.29, 1.82) is 5.26 Å². The van der Waals surface area contributed by atoms with Gasteiger partial charge in [-0.15, -0.1) is 5.01 Å². The second-order valence-electron chi connectivity index (χ2n) is 3.98. The lowest BCUT2D eigenvalue weighted by atomic mass is 10.2. The predicted molar refractivity (Wildman–Crippen MR) is 61.2 cm³/mol. The van der Waals surface area contributed by atoms with Crippen LogP contribution in [0.25, 0.3) is 0 Å². The summed E-state index contributed by atoms with van der Waals surface area (Å²) in [6, 6.07) is 8.48. The van der Waals surface area contributed by atoms with E-state index in [-0.39, 0.29) is 10.9 Å². The van der Waals surface area contributed by atoms with Gasteiger partial charge in [0.2, 0.25) is 5.28 Å². The Kier molecular flexibility index (Phi) is 4.29. The molecule has 6 nitrogen and oxygen atoms in total. The molecule has 1 aromatic rings. The van der Waals surface area contributed by atoms with Gasteiger partial charge in [-0.2, -0.15) is 5.26 Å². The quantitative estimate of drug-likeness (QED) is 0.492. The molecule has 0 radical (unpaired) electrons. The Labute approximate surface area is 99.5 Å². The highest BCUT2D eigenvalue weighted by Crippen LogP contribution is 2.16. The van der Waals surface area contributed by atoms with E-state index < -0.39 is 0 Å². The summed E-state index contributed by atoms with van der Waals surface area (Å²) >= 11 is 0. The van der Waals surface area contributed by atoms with E-state index in [1.807, 2.05) is 19.9 Å². The molecule has 0 aliphatic carbocycles. The zero-order valence-corrected chi connectivity index (χ0v) is 9.74. The first-order valence-corrected chi connectivity index (χ1v) is 5.18. The summed E-state index contributed by atoms with van der Waals surface area (Å²) in [5.41, 5.74) is 1.09. The van der Waals surface area contributed by atoms with Gasteiger partial charge in [-0.05, 0) is 30.2 Å². The molecule has 0 spiro atoms. The summed E-state index contributed by atoms with van der Waals surface area (Å²) in [5, 5.41) is 32.4. The Balaban J connectivity index is 3.00. The van der Waals surface area contributed by atoms with Crippen molar-refractivity contribution in [3.63, 3.8) is 0 Å². The van der Waals surface area contributed by atoms with Crippen molar-refractivity contribution < 1.29 is 10.2 Å². The van der Waals surface area contributed by atoms with Crippen molar-refractivity contribution in [2.75, 3.05) is 11.6 Å². The van der Waals surface area contributed by atoms with Crippen LogP contribution in [0.3, 0.4) is 0 Å². The first kappa shape index (κ1) is 12.8. The molecule has 0 amide bonds. The molecule has 0 aromatic heterocycles. The summed E-state index contributed by atoms with van der Waals surface area (Å²) in [6.45, 7) is 4.31. The lowest BCUT2D eigenvalue weighted by Crippen LogP contribution is -2.33. The summed E-state index contributed by atoms with van der Waals surface area (Å²) in [5.74, 6) is 0.226. The molecule has 90 valence electrons. The smallest absolute Gasteiger partial charge is 0.231 e. The third-order valence-electron chi connectivity index (χ3n) is 2.12. The second-order valence-corrected chi connectivity index (χ2v) is 3.98. The van der Waals surface area contributed by atoms with E-state index in [0.29, 0.717) is 17.8 Å². The summed E-state index contributed by atoms with van der Waals surface area (Å²) < 4.78 is 0. The van der Waals surface area contributed by atoms with Gasteiger partial charge in [0, 0.05) is 0 Å². The number of hydrogen-bond donors (Lipinski definition) is 1. The maximum atomic E-state index is 11.4. The fourth-order valence-electron chi connectivity index (χ4n) is 1.38. The average Bonchev–Trinajstić information content (AvgIpc) is 2.35. The molecule has 0 saturated carbocycles. The van der Waals surface area contributed by atoms with Gasteiger partial charge in [-0.25, -0.2) is 0 Å². The minimum absolute atomic E-state index is 0.126. The molecular weight excluding hydrogens is 220 g/mol. The Hall–Kier alpha value is -2.29. The topological polar surface area (TPSA) is 85.7 Å². The van der Waals surface area contributed by atoms with Crippen LogP contribution in [-0.2, 0) is 0 Å². The molecule has 0 atom stereocenters. The third kappa shape index (κ3) is 3.34. The Bertz CT molecular complexity index is 434. The standard InChI is InChI=1S/C11H14N4O2/c1-9(2)8-14(15(17)13-16)11-5-3-10(7-12)4-6-11/h3-6,9,16H,8H2,1-2H3/b15-13-. The highest BCUT2D eigenvalue weighted by Gasteiger charge is 2.17. The summed E-state index contributed by atoms with van der Waals surface area (Å²) in [4.78, 5) is 0.126. The summed E-state index contributed by atoms with van der Waals surface area (Å²) in [7, 11) is 0. The van der Waals surface area contributed by atoms with Crippen molar-refractivity contribution in [3.05, 3.63) is 35.0 Å². The number of nitriles is 1. The van der Waals surface area contributed by atoms with Crippen molar-refractivity contribution >= 4 is 5.69 Å². The van der Waals surface area contributed by atoms with Gasteiger partial charge in [0.1, 0.15) is 5.69 Å². The van der Waals surface area contributed by atoms with E-state index in [2.05, 4.69) is 5.28 Å². The largest absolute Gasteiger partial charge is 0.569 e. The van der Waals surface area contributed by atoms with E-state index in [4.69, 9.17) is 10.5 Å². The number of hydrogen-bond acceptors (Lipinski definition) is 3. The molecule has 0 heterocycles. The van der Waals surface area contributed by atoms with E-state index >= 15 is 0 Å². The Morgan fingerprint density at radius 3 is 2.47 bits per heavy atom. The fraction of sp³-hybridized carbons (Fsp3) is 0.364. The van der Waals surface area contributed by atoms with E-state index in [9.17, 15) is 5.21 Å². The van der Waals surface area contributed by atoms with Crippen molar-refractivity contribution in [1.82, 2.24) is 0 Å². The fourth-order valence-corrected chi connectivity index (χ4v) is 1.38. The number of hydrazine groups is 1. The summed E-state index contributed by atoms with van der Waals surface area (Å²) in [6.07, 6.45) is 0. The van der Waals surface area contributed by atoms with Gasteiger partial charge >= 0.3 is 0 Å². The number of nitrogens with zero attached hydrogens (tertiary/aromatic N) is 4. The Morgan fingerprint density at radius 1 is 1.47 bits per heavy atom. The molecule has 1 rings (SSSR count). The normalized spacial score (nSPS) is 11.3. The molecule has 0 fully saturated rings. The van der Waals surface area contributed by atoms with Gasteiger partial charge in [-0.1, -0.05) is 13.8 Å². The van der Waals surface area contributed by atoms with Crippen LogP contribution < -0.4 is 5.01 Å². The zero-order valence-electron chi connectivity index (χ0n) is 9.74. The number of anilines is 1. The van der Waals surface area contributed by atoms with Crippen LogP contribution in [0.2, 0.25) is 0 Å². The van der Waals surface area contributed by atoms with Crippen LogP contribution in [0.15, 0.2) is 29.5 Å². The number of benzene rings is 1. The lowest BCUT2D eigenvalue weighted by Gasteiger charge is -2.19. The minimum atomic E-state index is 0.126. The maximum absolute atomic E-state index is 11.4. The Morgan fingerprint density at radius 2 is 2.06 bits per heavy atom. The molecule has 6 heteroatoms. The minimum Gasteiger partial charge on any atom is -0.569 e. The SMILES string of the molecule is CC(C)CN(c1ccc(C#N)cc1)/[N+]([O-])=N/O. The zero-order chi connectivity index (χ0) is 12.8.